The van der Waals surface area contributed by atoms with Gasteiger partial charge in [-0.1, -0.05) is 152 Å². The SMILES string of the molecule is Cc1c(-c2ccc(N(c3ccc(-c4ccccc4)cc3)c3ccc(-c4ccccc4)cc3)cc2)nn2c(-c3ccccc3)cc3ccccc3c12. The van der Waals surface area contributed by atoms with Gasteiger partial charge in [0.15, 0.2) is 0 Å². The first-order valence-corrected chi connectivity index (χ1v) is 17.4. The molecule has 0 fully saturated rings. The van der Waals surface area contributed by atoms with Gasteiger partial charge in [0.25, 0.3) is 0 Å². The molecular weight excluding hydrogens is 619 g/mol. The molecule has 0 aliphatic rings. The highest BCUT2D eigenvalue weighted by molar-refractivity contribution is 6.01. The second-order valence-electron chi connectivity index (χ2n) is 12.9. The molecule has 0 amide bonds. The van der Waals surface area contributed by atoms with Crippen molar-refractivity contribution in [1.82, 2.24) is 9.61 Å². The quantitative estimate of drug-likeness (QED) is 0.171. The summed E-state index contributed by atoms with van der Waals surface area (Å²) >= 11 is 0. The highest BCUT2D eigenvalue weighted by Crippen LogP contribution is 2.39. The van der Waals surface area contributed by atoms with Crippen molar-refractivity contribution in [2.45, 2.75) is 6.92 Å². The standard InChI is InChI=1S/C48H35N3/c1-34-47(49-51-46(39-17-9-4-10-18-39)33-41-19-11-12-20-45(41)48(34)51)40-25-31-44(32-26-40)50(42-27-21-37(22-28-42)35-13-5-2-6-14-35)43-29-23-38(24-30-43)36-15-7-3-8-16-36/h2-33H,1H3. The monoisotopic (exact) mass is 653 g/mol. The number of aromatic nitrogens is 2. The van der Waals surface area contributed by atoms with E-state index in [1.807, 2.05) is 0 Å². The number of anilines is 3. The minimum Gasteiger partial charge on any atom is -0.311 e. The van der Waals surface area contributed by atoms with Crippen LogP contribution in [0.4, 0.5) is 17.1 Å². The fourth-order valence-electron chi connectivity index (χ4n) is 7.20. The summed E-state index contributed by atoms with van der Waals surface area (Å²) in [7, 11) is 0. The Morgan fingerprint density at radius 1 is 0.412 bits per heavy atom. The number of hydrogen-bond donors (Lipinski definition) is 0. The van der Waals surface area contributed by atoms with E-state index in [0.717, 1.165) is 45.1 Å². The summed E-state index contributed by atoms with van der Waals surface area (Å²) in [5.41, 5.74) is 14.7. The largest absolute Gasteiger partial charge is 0.311 e. The second kappa shape index (κ2) is 13.0. The van der Waals surface area contributed by atoms with Gasteiger partial charge in [-0.3, -0.25) is 0 Å². The van der Waals surface area contributed by atoms with Gasteiger partial charge < -0.3 is 4.90 Å². The number of fused-ring (bicyclic) bond motifs is 3. The molecule has 0 saturated heterocycles. The highest BCUT2D eigenvalue weighted by atomic mass is 15.2. The lowest BCUT2D eigenvalue weighted by molar-refractivity contribution is 0.979. The van der Waals surface area contributed by atoms with Crippen LogP contribution in [0.15, 0.2) is 194 Å². The van der Waals surface area contributed by atoms with E-state index in [2.05, 4.69) is 210 Å². The van der Waals surface area contributed by atoms with Crippen molar-refractivity contribution in [3.63, 3.8) is 0 Å². The normalized spacial score (nSPS) is 11.2. The van der Waals surface area contributed by atoms with Crippen molar-refractivity contribution < 1.29 is 0 Å². The summed E-state index contributed by atoms with van der Waals surface area (Å²) in [6, 6.07) is 69.0. The molecule has 0 aliphatic heterocycles. The van der Waals surface area contributed by atoms with Crippen molar-refractivity contribution in [1.29, 1.82) is 0 Å². The predicted octanol–water partition coefficient (Wildman–Crippen LogP) is 12.9. The van der Waals surface area contributed by atoms with E-state index in [1.165, 1.54) is 38.6 Å². The minimum absolute atomic E-state index is 0.987. The van der Waals surface area contributed by atoms with E-state index in [9.17, 15) is 0 Å². The summed E-state index contributed by atoms with van der Waals surface area (Å²) in [4.78, 5) is 2.32. The lowest BCUT2D eigenvalue weighted by Crippen LogP contribution is -2.09. The third-order valence-corrected chi connectivity index (χ3v) is 9.79. The first-order valence-electron chi connectivity index (χ1n) is 17.4. The molecule has 3 nitrogen and oxygen atoms in total. The van der Waals surface area contributed by atoms with Crippen molar-refractivity contribution in [2.24, 2.45) is 0 Å². The molecule has 51 heavy (non-hydrogen) atoms. The second-order valence-corrected chi connectivity index (χ2v) is 12.9. The Labute approximate surface area is 298 Å². The van der Waals surface area contributed by atoms with Gasteiger partial charge in [0, 0.05) is 39.1 Å². The zero-order chi connectivity index (χ0) is 34.1. The first kappa shape index (κ1) is 30.4. The van der Waals surface area contributed by atoms with Gasteiger partial charge in [-0.05, 0) is 77.0 Å². The third kappa shape index (κ3) is 5.65. The highest BCUT2D eigenvalue weighted by Gasteiger charge is 2.19. The van der Waals surface area contributed by atoms with Crippen molar-refractivity contribution in [3.8, 4) is 44.8 Å². The van der Waals surface area contributed by atoms with Gasteiger partial charge in [0.1, 0.15) is 0 Å². The molecule has 0 aliphatic carbocycles. The van der Waals surface area contributed by atoms with Crippen LogP contribution >= 0.6 is 0 Å². The molecule has 9 aromatic rings. The molecule has 0 atom stereocenters. The number of benzene rings is 7. The molecule has 2 aromatic heterocycles. The van der Waals surface area contributed by atoms with Crippen LogP contribution in [0.25, 0.3) is 61.1 Å². The van der Waals surface area contributed by atoms with Crippen LogP contribution in [-0.4, -0.2) is 9.61 Å². The molecule has 0 N–H and O–H groups in total. The van der Waals surface area contributed by atoms with Crippen LogP contribution in [0.3, 0.4) is 0 Å². The molecule has 7 aromatic carbocycles. The fraction of sp³-hybridized carbons (Fsp3) is 0.0208. The zero-order valence-electron chi connectivity index (χ0n) is 28.3. The molecule has 242 valence electrons. The van der Waals surface area contributed by atoms with E-state index < -0.39 is 0 Å². The van der Waals surface area contributed by atoms with E-state index in [1.54, 1.807) is 0 Å². The summed E-state index contributed by atoms with van der Waals surface area (Å²) in [5, 5.41) is 7.69. The molecule has 0 saturated carbocycles. The predicted molar refractivity (Wildman–Crippen MR) is 214 cm³/mol. The van der Waals surface area contributed by atoms with Crippen LogP contribution in [0.1, 0.15) is 5.56 Å². The maximum Gasteiger partial charge on any atom is 0.0963 e. The molecule has 2 heterocycles. The Bertz CT molecular complexity index is 2510. The average molecular weight is 654 g/mol. The Morgan fingerprint density at radius 2 is 0.824 bits per heavy atom. The van der Waals surface area contributed by atoms with E-state index in [0.29, 0.717) is 0 Å². The van der Waals surface area contributed by atoms with Crippen molar-refractivity contribution >= 4 is 33.4 Å². The minimum atomic E-state index is 0.987. The van der Waals surface area contributed by atoms with Crippen LogP contribution in [0, 0.1) is 6.92 Å². The lowest BCUT2D eigenvalue weighted by atomic mass is 10.0. The molecule has 0 unspecified atom stereocenters. The maximum absolute atomic E-state index is 5.28. The number of nitrogens with zero attached hydrogens (tertiary/aromatic N) is 3. The average Bonchev–Trinajstić information content (AvgIpc) is 3.56. The Balaban J connectivity index is 1.14. The van der Waals surface area contributed by atoms with Crippen LogP contribution in [0.2, 0.25) is 0 Å². The lowest BCUT2D eigenvalue weighted by Gasteiger charge is -2.26. The van der Waals surface area contributed by atoms with Crippen LogP contribution in [0.5, 0.6) is 0 Å². The number of aryl methyl sites for hydroxylation is 1. The molecule has 0 bridgehead atoms. The van der Waals surface area contributed by atoms with Crippen molar-refractivity contribution in [3.05, 3.63) is 200 Å². The zero-order valence-corrected chi connectivity index (χ0v) is 28.3. The number of hydrogen-bond acceptors (Lipinski definition) is 2. The Morgan fingerprint density at radius 3 is 1.33 bits per heavy atom. The molecule has 9 rings (SSSR count). The maximum atomic E-state index is 5.28. The van der Waals surface area contributed by atoms with Gasteiger partial charge in [-0.15, -0.1) is 0 Å². The van der Waals surface area contributed by atoms with Crippen molar-refractivity contribution in [2.75, 3.05) is 4.90 Å². The number of pyridine rings is 1. The molecule has 3 heteroatoms. The van der Waals surface area contributed by atoms with Gasteiger partial charge in [-0.2, -0.15) is 5.10 Å². The van der Waals surface area contributed by atoms with Gasteiger partial charge in [-0.25, -0.2) is 4.52 Å². The molecule has 0 radical (unpaired) electrons. The molecule has 0 spiro atoms. The Hall–Kier alpha value is -6.71. The first-order chi connectivity index (χ1) is 25.2. The summed E-state index contributed by atoms with van der Waals surface area (Å²) in [6.45, 7) is 2.20. The smallest absolute Gasteiger partial charge is 0.0963 e. The summed E-state index contributed by atoms with van der Waals surface area (Å²) < 4.78 is 2.13. The van der Waals surface area contributed by atoms with Gasteiger partial charge in [0.05, 0.1) is 16.9 Å². The van der Waals surface area contributed by atoms with E-state index >= 15 is 0 Å². The Kier molecular flexibility index (Phi) is 7.71. The van der Waals surface area contributed by atoms with E-state index in [4.69, 9.17) is 5.10 Å². The third-order valence-electron chi connectivity index (χ3n) is 9.79. The summed E-state index contributed by atoms with van der Waals surface area (Å²) in [6.07, 6.45) is 0. The summed E-state index contributed by atoms with van der Waals surface area (Å²) in [5.74, 6) is 0. The van der Waals surface area contributed by atoms with Crippen LogP contribution in [-0.2, 0) is 0 Å². The molecular formula is C48H35N3. The number of rotatable bonds is 7. The van der Waals surface area contributed by atoms with E-state index in [-0.39, 0.29) is 0 Å². The van der Waals surface area contributed by atoms with Crippen LogP contribution < -0.4 is 4.90 Å². The van der Waals surface area contributed by atoms with Gasteiger partial charge >= 0.3 is 0 Å². The van der Waals surface area contributed by atoms with Gasteiger partial charge in [0.2, 0.25) is 0 Å². The topological polar surface area (TPSA) is 20.5 Å². The fourth-order valence-corrected chi connectivity index (χ4v) is 7.20.